The molecule has 0 aliphatic carbocycles. The molecule has 1 aromatic carbocycles. The summed E-state index contributed by atoms with van der Waals surface area (Å²) in [5, 5.41) is 6.14. The molecule has 2 unspecified atom stereocenters. The number of likely N-dealkylation sites (tertiary alicyclic amines) is 1. The zero-order chi connectivity index (χ0) is 13.8. The average Bonchev–Trinajstić information content (AvgIpc) is 2.70. The monoisotopic (exact) mass is 263 g/mol. The van der Waals surface area contributed by atoms with Crippen molar-refractivity contribution in [3.63, 3.8) is 0 Å². The lowest BCUT2D eigenvalue weighted by Gasteiger charge is -2.14. The molecule has 0 bridgehead atoms. The van der Waals surface area contributed by atoms with Crippen LogP contribution in [0.3, 0.4) is 0 Å². The van der Waals surface area contributed by atoms with Crippen molar-refractivity contribution >= 4 is 17.5 Å². The maximum atomic E-state index is 11.1. The van der Waals surface area contributed by atoms with Gasteiger partial charge < -0.3 is 15.0 Å². The van der Waals surface area contributed by atoms with Crippen molar-refractivity contribution in [2.75, 3.05) is 31.3 Å². The van der Waals surface area contributed by atoms with Crippen molar-refractivity contribution in [1.29, 1.82) is 0 Å². The Kier molecular flexibility index (Phi) is 4.27. The summed E-state index contributed by atoms with van der Waals surface area (Å²) in [4.78, 5) is 13.4. The first kappa shape index (κ1) is 13.7. The van der Waals surface area contributed by atoms with E-state index in [1.54, 1.807) is 0 Å². The van der Waals surface area contributed by atoms with Gasteiger partial charge in [0, 0.05) is 30.0 Å². The Morgan fingerprint density at radius 1 is 1.32 bits per heavy atom. The second kappa shape index (κ2) is 5.93. The Hall–Kier alpha value is -1.75. The van der Waals surface area contributed by atoms with Crippen LogP contribution in [0.4, 0.5) is 16.2 Å². The second-order valence-electron chi connectivity index (χ2n) is 5.06. The normalized spacial score (nSPS) is 23.1. The Balaban J connectivity index is 1.90. The van der Waals surface area contributed by atoms with Crippen LogP contribution in [0.2, 0.25) is 0 Å². The molecule has 5 nitrogen and oxygen atoms in total. The predicted molar refractivity (Wildman–Crippen MR) is 76.6 cm³/mol. The zero-order valence-corrected chi connectivity index (χ0v) is 11.6. The minimum atomic E-state index is -0.452. The third-order valence-corrected chi connectivity index (χ3v) is 3.57. The van der Waals surface area contributed by atoms with Gasteiger partial charge in [0.1, 0.15) is 0 Å². The summed E-state index contributed by atoms with van der Waals surface area (Å²) in [6, 6.07) is 8.77. The van der Waals surface area contributed by atoms with Gasteiger partial charge in [-0.3, -0.25) is 5.32 Å². The Morgan fingerprint density at radius 3 is 2.47 bits per heavy atom. The summed E-state index contributed by atoms with van der Waals surface area (Å²) in [5.74, 6) is 0. The van der Waals surface area contributed by atoms with Crippen LogP contribution >= 0.6 is 0 Å². The third-order valence-electron chi connectivity index (χ3n) is 3.57. The molecule has 1 aliphatic heterocycles. The van der Waals surface area contributed by atoms with Crippen molar-refractivity contribution in [3.05, 3.63) is 24.3 Å². The highest BCUT2D eigenvalue weighted by molar-refractivity contribution is 5.84. The fourth-order valence-corrected chi connectivity index (χ4v) is 2.35. The molecule has 1 aliphatic rings. The van der Waals surface area contributed by atoms with E-state index in [4.69, 9.17) is 0 Å². The van der Waals surface area contributed by atoms with Crippen LogP contribution in [0.1, 0.15) is 13.3 Å². The summed E-state index contributed by atoms with van der Waals surface area (Å²) in [6.45, 7) is 3.30. The number of ether oxygens (including phenoxy) is 1. The van der Waals surface area contributed by atoms with E-state index < -0.39 is 6.09 Å². The van der Waals surface area contributed by atoms with Gasteiger partial charge in [-0.05, 0) is 44.7 Å². The Labute approximate surface area is 113 Å². The number of carbonyl (C=O) groups excluding carboxylic acids is 1. The molecule has 2 rings (SSSR count). The van der Waals surface area contributed by atoms with E-state index in [2.05, 4.69) is 34.2 Å². The van der Waals surface area contributed by atoms with Crippen LogP contribution in [0.15, 0.2) is 24.3 Å². The molecule has 0 spiro atoms. The van der Waals surface area contributed by atoms with Gasteiger partial charge >= 0.3 is 6.09 Å². The molecule has 1 saturated heterocycles. The number of methoxy groups -OCH3 is 1. The van der Waals surface area contributed by atoms with Crippen molar-refractivity contribution in [1.82, 2.24) is 4.90 Å². The predicted octanol–water partition coefficient (Wildman–Crippen LogP) is 2.37. The van der Waals surface area contributed by atoms with Crippen LogP contribution in [0, 0.1) is 0 Å². The van der Waals surface area contributed by atoms with Crippen LogP contribution in [0.25, 0.3) is 0 Å². The van der Waals surface area contributed by atoms with E-state index in [0.29, 0.717) is 12.1 Å². The first-order valence-corrected chi connectivity index (χ1v) is 6.50. The Morgan fingerprint density at radius 2 is 1.95 bits per heavy atom. The van der Waals surface area contributed by atoms with E-state index in [0.717, 1.165) is 24.3 Å². The molecule has 2 N–H and O–H groups in total. The summed E-state index contributed by atoms with van der Waals surface area (Å²) < 4.78 is 4.54. The zero-order valence-electron chi connectivity index (χ0n) is 11.6. The number of benzene rings is 1. The number of amides is 1. The van der Waals surface area contributed by atoms with Crippen molar-refractivity contribution in [2.24, 2.45) is 0 Å². The molecule has 0 radical (unpaired) electrons. The highest BCUT2D eigenvalue weighted by Gasteiger charge is 2.25. The number of hydrogen-bond acceptors (Lipinski definition) is 4. The molecule has 5 heteroatoms. The number of rotatable bonds is 3. The molecule has 1 heterocycles. The van der Waals surface area contributed by atoms with E-state index in [1.807, 2.05) is 24.3 Å². The van der Waals surface area contributed by atoms with E-state index in [-0.39, 0.29) is 0 Å². The van der Waals surface area contributed by atoms with Gasteiger partial charge in [-0.1, -0.05) is 0 Å². The average molecular weight is 263 g/mol. The van der Waals surface area contributed by atoms with E-state index in [1.165, 1.54) is 7.11 Å². The third kappa shape index (κ3) is 3.61. The van der Waals surface area contributed by atoms with Crippen LogP contribution < -0.4 is 10.6 Å². The molecular formula is C14H21N3O2. The van der Waals surface area contributed by atoms with Crippen molar-refractivity contribution < 1.29 is 9.53 Å². The quantitative estimate of drug-likeness (QED) is 0.879. The lowest BCUT2D eigenvalue weighted by molar-refractivity contribution is 0.187. The van der Waals surface area contributed by atoms with Gasteiger partial charge in [0.15, 0.2) is 0 Å². The van der Waals surface area contributed by atoms with Gasteiger partial charge in [0.25, 0.3) is 0 Å². The molecule has 104 valence electrons. The number of hydrogen-bond donors (Lipinski definition) is 2. The lowest BCUT2D eigenvalue weighted by atomic mass is 10.2. The first-order valence-electron chi connectivity index (χ1n) is 6.50. The van der Waals surface area contributed by atoms with Crippen molar-refractivity contribution in [3.8, 4) is 0 Å². The summed E-state index contributed by atoms with van der Waals surface area (Å²) in [6.07, 6.45) is 0.700. The minimum absolute atomic E-state index is 0.452. The molecule has 1 aromatic rings. The maximum absolute atomic E-state index is 11.1. The first-order chi connectivity index (χ1) is 9.08. The topological polar surface area (TPSA) is 53.6 Å². The summed E-state index contributed by atoms with van der Waals surface area (Å²) >= 11 is 0. The van der Waals surface area contributed by atoms with Gasteiger partial charge in [-0.15, -0.1) is 0 Å². The second-order valence-corrected chi connectivity index (χ2v) is 5.06. The number of nitrogens with zero attached hydrogens (tertiary/aromatic N) is 1. The molecule has 0 saturated carbocycles. The molecule has 1 amide bonds. The Bertz CT molecular complexity index is 423. The molecule has 0 aromatic heterocycles. The van der Waals surface area contributed by atoms with Crippen LogP contribution in [-0.4, -0.2) is 43.8 Å². The maximum Gasteiger partial charge on any atom is 0.411 e. The lowest BCUT2D eigenvalue weighted by Crippen LogP contribution is -2.24. The van der Waals surface area contributed by atoms with Crippen molar-refractivity contribution in [2.45, 2.75) is 25.4 Å². The van der Waals surface area contributed by atoms with Crippen LogP contribution in [0.5, 0.6) is 0 Å². The molecule has 1 fully saturated rings. The molecule has 19 heavy (non-hydrogen) atoms. The van der Waals surface area contributed by atoms with E-state index in [9.17, 15) is 4.79 Å². The number of nitrogens with one attached hydrogen (secondary N) is 2. The van der Waals surface area contributed by atoms with E-state index >= 15 is 0 Å². The fourth-order valence-electron chi connectivity index (χ4n) is 2.35. The smallest absolute Gasteiger partial charge is 0.411 e. The van der Waals surface area contributed by atoms with Gasteiger partial charge in [-0.2, -0.15) is 0 Å². The summed E-state index contributed by atoms with van der Waals surface area (Å²) in [7, 11) is 3.50. The van der Waals surface area contributed by atoms with Gasteiger partial charge in [-0.25, -0.2) is 4.79 Å². The summed E-state index contributed by atoms with van der Waals surface area (Å²) in [5.41, 5.74) is 1.80. The SMILES string of the molecule is COC(=O)Nc1ccc(NC2CC(C)N(C)C2)cc1. The largest absolute Gasteiger partial charge is 0.453 e. The van der Waals surface area contributed by atoms with Gasteiger partial charge in [0.05, 0.1) is 7.11 Å². The highest BCUT2D eigenvalue weighted by Crippen LogP contribution is 2.20. The number of likely N-dealkylation sites (N-methyl/N-ethyl adjacent to an activating group) is 1. The molecule has 2 atom stereocenters. The van der Waals surface area contributed by atoms with Crippen LogP contribution in [-0.2, 0) is 4.74 Å². The number of anilines is 2. The number of carbonyl (C=O) groups is 1. The highest BCUT2D eigenvalue weighted by atomic mass is 16.5. The van der Waals surface area contributed by atoms with Gasteiger partial charge in [0.2, 0.25) is 0 Å². The minimum Gasteiger partial charge on any atom is -0.453 e. The fraction of sp³-hybridized carbons (Fsp3) is 0.500. The molecular weight excluding hydrogens is 242 g/mol. The standard InChI is InChI=1S/C14H21N3O2/c1-10-8-13(9-17(10)2)15-11-4-6-12(7-5-11)16-14(18)19-3/h4-7,10,13,15H,8-9H2,1-3H3,(H,16,18).